The van der Waals surface area contributed by atoms with Gasteiger partial charge in [-0.1, -0.05) is 54.6 Å². The van der Waals surface area contributed by atoms with Crippen LogP contribution in [0.2, 0.25) is 0 Å². The van der Waals surface area contributed by atoms with E-state index in [1.54, 1.807) is 12.1 Å². The first kappa shape index (κ1) is 20.7. The highest BCUT2D eigenvalue weighted by atomic mass is 16.5. The molecule has 0 aliphatic carbocycles. The Balaban J connectivity index is 1.51. The molecule has 0 aromatic heterocycles. The van der Waals surface area contributed by atoms with Crippen LogP contribution in [0.5, 0.6) is 0 Å². The van der Waals surface area contributed by atoms with Crippen molar-refractivity contribution in [1.82, 2.24) is 0 Å². The second-order valence-electron chi connectivity index (χ2n) is 8.02. The zero-order valence-electron chi connectivity index (χ0n) is 17.9. The first-order valence-electron chi connectivity index (χ1n) is 10.6. The van der Waals surface area contributed by atoms with Gasteiger partial charge in [0, 0.05) is 24.2 Å². The average Bonchev–Trinajstić information content (AvgIpc) is 3.24. The third kappa shape index (κ3) is 4.80. The van der Waals surface area contributed by atoms with Crippen LogP contribution in [0.3, 0.4) is 0 Å². The van der Waals surface area contributed by atoms with Gasteiger partial charge in [0.05, 0.1) is 12.1 Å². The molecule has 0 radical (unpaired) electrons. The predicted molar refractivity (Wildman–Crippen MR) is 124 cm³/mol. The number of aryl methyl sites for hydroxylation is 2. The van der Waals surface area contributed by atoms with E-state index in [0.29, 0.717) is 0 Å². The standard InChI is InChI=1S/C27H27NO3/c1-19-7-3-5-9-23(19)17-28(25-10-6-4-8-20(25)2)18-24-15-16-26(31-24)21-11-13-22(14-12-21)27(29)30/h3-14,16,24H,15,17-18H2,1-2H3,(H,29,30). The summed E-state index contributed by atoms with van der Waals surface area (Å²) >= 11 is 0. The predicted octanol–water partition coefficient (Wildman–Crippen LogP) is 5.84. The minimum atomic E-state index is -0.921. The van der Waals surface area contributed by atoms with Crippen LogP contribution in [0.1, 0.15) is 39.0 Å². The molecule has 4 nitrogen and oxygen atoms in total. The van der Waals surface area contributed by atoms with Gasteiger partial charge in [-0.25, -0.2) is 4.79 Å². The molecule has 4 rings (SSSR count). The molecular weight excluding hydrogens is 386 g/mol. The number of aromatic carboxylic acids is 1. The Labute approximate surface area is 183 Å². The van der Waals surface area contributed by atoms with E-state index in [4.69, 9.17) is 9.84 Å². The molecule has 0 spiro atoms. The molecular formula is C27H27NO3. The SMILES string of the molecule is Cc1ccccc1CN(CC1CC=C(c2ccc(C(=O)O)cc2)O1)c1ccccc1C. The highest BCUT2D eigenvalue weighted by molar-refractivity contribution is 5.88. The van der Waals surface area contributed by atoms with Gasteiger partial charge >= 0.3 is 5.97 Å². The summed E-state index contributed by atoms with van der Waals surface area (Å²) in [7, 11) is 0. The molecule has 1 aliphatic heterocycles. The normalized spacial score (nSPS) is 15.3. The number of para-hydroxylation sites is 1. The fraction of sp³-hybridized carbons (Fsp3) is 0.222. The number of benzene rings is 3. The first-order valence-corrected chi connectivity index (χ1v) is 10.6. The lowest BCUT2D eigenvalue weighted by atomic mass is 10.1. The molecule has 0 amide bonds. The number of hydrogen-bond donors (Lipinski definition) is 1. The molecule has 1 N–H and O–H groups in total. The molecule has 4 heteroatoms. The monoisotopic (exact) mass is 413 g/mol. The number of carboxylic acids is 1. The molecule has 1 heterocycles. The van der Waals surface area contributed by atoms with Crippen LogP contribution < -0.4 is 4.90 Å². The first-order chi connectivity index (χ1) is 15.0. The van der Waals surface area contributed by atoms with Crippen LogP contribution in [0.4, 0.5) is 5.69 Å². The second kappa shape index (κ2) is 9.09. The lowest BCUT2D eigenvalue weighted by molar-refractivity contribution is 0.0697. The van der Waals surface area contributed by atoms with E-state index in [1.165, 1.54) is 22.4 Å². The molecule has 31 heavy (non-hydrogen) atoms. The summed E-state index contributed by atoms with van der Waals surface area (Å²) < 4.78 is 6.28. The van der Waals surface area contributed by atoms with Gasteiger partial charge in [-0.3, -0.25) is 0 Å². The molecule has 0 saturated carbocycles. The van der Waals surface area contributed by atoms with E-state index in [9.17, 15) is 4.79 Å². The Morgan fingerprint density at radius 1 is 0.968 bits per heavy atom. The van der Waals surface area contributed by atoms with Crippen LogP contribution in [0.15, 0.2) is 78.9 Å². The zero-order valence-corrected chi connectivity index (χ0v) is 17.9. The molecule has 3 aromatic carbocycles. The fourth-order valence-electron chi connectivity index (χ4n) is 3.99. The van der Waals surface area contributed by atoms with Crippen molar-refractivity contribution in [2.24, 2.45) is 0 Å². The number of carbonyl (C=O) groups is 1. The van der Waals surface area contributed by atoms with Gasteiger partial charge in [-0.05, 0) is 54.8 Å². The van der Waals surface area contributed by atoms with Gasteiger partial charge < -0.3 is 14.7 Å². The third-order valence-electron chi connectivity index (χ3n) is 5.78. The number of carboxylic acid groups (broad SMARTS) is 1. The van der Waals surface area contributed by atoms with E-state index in [2.05, 4.69) is 73.4 Å². The van der Waals surface area contributed by atoms with E-state index in [-0.39, 0.29) is 11.7 Å². The molecule has 0 bridgehead atoms. The maximum Gasteiger partial charge on any atom is 0.335 e. The van der Waals surface area contributed by atoms with Gasteiger partial charge in [0.2, 0.25) is 0 Å². The molecule has 1 atom stereocenters. The number of anilines is 1. The maximum atomic E-state index is 11.1. The maximum absolute atomic E-state index is 11.1. The van der Waals surface area contributed by atoms with Crippen LogP contribution in [0.25, 0.3) is 5.76 Å². The molecule has 158 valence electrons. The van der Waals surface area contributed by atoms with E-state index in [1.807, 2.05) is 12.1 Å². The number of hydrogen-bond acceptors (Lipinski definition) is 3. The van der Waals surface area contributed by atoms with Gasteiger partial charge in [-0.15, -0.1) is 0 Å². The van der Waals surface area contributed by atoms with Crippen LogP contribution in [-0.2, 0) is 11.3 Å². The summed E-state index contributed by atoms with van der Waals surface area (Å²) in [6, 6.07) is 23.8. The summed E-state index contributed by atoms with van der Waals surface area (Å²) in [6.45, 7) is 5.88. The smallest absolute Gasteiger partial charge is 0.335 e. The van der Waals surface area contributed by atoms with Gasteiger partial charge in [0.15, 0.2) is 0 Å². The summed E-state index contributed by atoms with van der Waals surface area (Å²) in [5.74, 6) is -0.0987. The topological polar surface area (TPSA) is 49.8 Å². The second-order valence-corrected chi connectivity index (χ2v) is 8.02. The summed E-state index contributed by atoms with van der Waals surface area (Å²) in [5, 5.41) is 9.10. The summed E-state index contributed by atoms with van der Waals surface area (Å²) in [5.41, 5.74) is 6.24. The summed E-state index contributed by atoms with van der Waals surface area (Å²) in [6.07, 6.45) is 2.97. The van der Waals surface area contributed by atoms with Gasteiger partial charge in [0.25, 0.3) is 0 Å². The molecule has 3 aromatic rings. The Morgan fingerprint density at radius 3 is 2.32 bits per heavy atom. The van der Waals surface area contributed by atoms with Crippen LogP contribution in [0, 0.1) is 13.8 Å². The van der Waals surface area contributed by atoms with E-state index >= 15 is 0 Å². The molecule has 1 aliphatic rings. The van der Waals surface area contributed by atoms with Crippen molar-refractivity contribution in [3.05, 3.63) is 107 Å². The van der Waals surface area contributed by atoms with Gasteiger partial charge in [-0.2, -0.15) is 0 Å². The van der Waals surface area contributed by atoms with Crippen molar-refractivity contribution < 1.29 is 14.6 Å². The highest BCUT2D eigenvalue weighted by Gasteiger charge is 2.23. The molecule has 0 saturated heterocycles. The molecule has 0 fully saturated rings. The van der Waals surface area contributed by atoms with Crippen molar-refractivity contribution in [2.75, 3.05) is 11.4 Å². The average molecular weight is 414 g/mol. The quantitative estimate of drug-likeness (QED) is 0.529. The minimum absolute atomic E-state index is 0.0396. The van der Waals surface area contributed by atoms with Crippen molar-refractivity contribution in [3.8, 4) is 0 Å². The Hall–Kier alpha value is -3.53. The Kier molecular flexibility index (Phi) is 6.08. The number of ether oxygens (including phenoxy) is 1. The third-order valence-corrected chi connectivity index (χ3v) is 5.78. The van der Waals surface area contributed by atoms with E-state index < -0.39 is 5.97 Å². The zero-order chi connectivity index (χ0) is 21.8. The fourth-order valence-corrected chi connectivity index (χ4v) is 3.99. The van der Waals surface area contributed by atoms with Crippen molar-refractivity contribution >= 4 is 17.4 Å². The van der Waals surface area contributed by atoms with E-state index in [0.717, 1.165) is 30.8 Å². The lowest BCUT2D eigenvalue weighted by Gasteiger charge is -2.30. The lowest BCUT2D eigenvalue weighted by Crippen LogP contribution is -2.32. The largest absolute Gasteiger partial charge is 0.488 e. The molecule has 1 unspecified atom stereocenters. The minimum Gasteiger partial charge on any atom is -0.488 e. The van der Waals surface area contributed by atoms with Crippen molar-refractivity contribution in [1.29, 1.82) is 0 Å². The van der Waals surface area contributed by atoms with Crippen LogP contribution >= 0.6 is 0 Å². The Morgan fingerprint density at radius 2 is 1.65 bits per heavy atom. The van der Waals surface area contributed by atoms with Crippen molar-refractivity contribution in [3.63, 3.8) is 0 Å². The van der Waals surface area contributed by atoms with Crippen molar-refractivity contribution in [2.45, 2.75) is 32.9 Å². The summed E-state index contributed by atoms with van der Waals surface area (Å²) in [4.78, 5) is 13.5. The number of nitrogens with zero attached hydrogens (tertiary/aromatic N) is 1. The highest BCUT2D eigenvalue weighted by Crippen LogP contribution is 2.30. The number of rotatable bonds is 7. The Bertz CT molecular complexity index is 1100. The van der Waals surface area contributed by atoms with Gasteiger partial charge in [0.1, 0.15) is 11.9 Å². The van der Waals surface area contributed by atoms with Crippen LogP contribution in [-0.4, -0.2) is 23.7 Å².